The number of nitrogens with one attached hydrogen (secondary N) is 1. The minimum absolute atomic E-state index is 0.194. The average Bonchev–Trinajstić information content (AvgIpc) is 2.25. The molecule has 3 heteroatoms. The minimum Gasteiger partial charge on any atom is -0.380 e. The summed E-state index contributed by atoms with van der Waals surface area (Å²) in [5.41, 5.74) is 1.09. The van der Waals surface area contributed by atoms with Crippen LogP contribution in [0.15, 0.2) is 24.3 Å². The van der Waals surface area contributed by atoms with Gasteiger partial charge in [0.05, 0.1) is 6.61 Å². The topological polar surface area (TPSA) is 21.3 Å². The third-order valence-electron chi connectivity index (χ3n) is 2.27. The summed E-state index contributed by atoms with van der Waals surface area (Å²) in [6.45, 7) is 6.30. The van der Waals surface area contributed by atoms with Crippen molar-refractivity contribution in [3.8, 4) is 0 Å². The molecule has 1 aromatic rings. The molecule has 0 bridgehead atoms. The van der Waals surface area contributed by atoms with Gasteiger partial charge in [-0.15, -0.1) is 0 Å². The van der Waals surface area contributed by atoms with Crippen molar-refractivity contribution >= 4 is 0 Å². The molecule has 1 aromatic carbocycles. The van der Waals surface area contributed by atoms with Crippen LogP contribution in [0.1, 0.15) is 25.5 Å². The van der Waals surface area contributed by atoms with Gasteiger partial charge >= 0.3 is 0 Å². The second-order valence-corrected chi connectivity index (χ2v) is 3.42. The average molecular weight is 211 g/mol. The maximum Gasteiger partial charge on any atom is 0.123 e. The second-order valence-electron chi connectivity index (χ2n) is 3.42. The van der Waals surface area contributed by atoms with E-state index in [1.807, 2.05) is 6.92 Å². The molecule has 15 heavy (non-hydrogen) atoms. The third kappa shape index (κ3) is 4.40. The molecule has 0 unspecified atom stereocenters. The monoisotopic (exact) mass is 211 g/mol. The Morgan fingerprint density at radius 3 is 2.60 bits per heavy atom. The summed E-state index contributed by atoms with van der Waals surface area (Å²) in [6, 6.07) is 6.79. The van der Waals surface area contributed by atoms with Crippen molar-refractivity contribution in [1.29, 1.82) is 0 Å². The number of halogens is 1. The van der Waals surface area contributed by atoms with Crippen molar-refractivity contribution < 1.29 is 9.13 Å². The summed E-state index contributed by atoms with van der Waals surface area (Å²) >= 11 is 0. The lowest BCUT2D eigenvalue weighted by molar-refractivity contribution is 0.147. The molecule has 0 amide bonds. The van der Waals surface area contributed by atoms with Crippen molar-refractivity contribution in [2.45, 2.75) is 19.9 Å². The smallest absolute Gasteiger partial charge is 0.123 e. The standard InChI is InChI=1S/C12H18FNO/c1-3-15-9-8-14-10(2)11-4-6-12(13)7-5-11/h4-7,10,14H,3,8-9H2,1-2H3/t10-/m0/s1. The summed E-state index contributed by atoms with van der Waals surface area (Å²) in [4.78, 5) is 0. The van der Waals surface area contributed by atoms with Gasteiger partial charge in [0.25, 0.3) is 0 Å². The first-order valence-corrected chi connectivity index (χ1v) is 5.30. The molecule has 0 aliphatic rings. The number of hydrogen-bond donors (Lipinski definition) is 1. The fourth-order valence-corrected chi connectivity index (χ4v) is 1.36. The fourth-order valence-electron chi connectivity index (χ4n) is 1.36. The van der Waals surface area contributed by atoms with E-state index in [0.29, 0.717) is 6.61 Å². The maximum absolute atomic E-state index is 12.7. The molecule has 0 aliphatic carbocycles. The Kier molecular flexibility index (Phi) is 5.29. The minimum atomic E-state index is -0.194. The van der Waals surface area contributed by atoms with Crippen molar-refractivity contribution in [3.63, 3.8) is 0 Å². The highest BCUT2D eigenvalue weighted by Crippen LogP contribution is 2.12. The molecule has 0 saturated carbocycles. The van der Waals surface area contributed by atoms with Crippen molar-refractivity contribution in [2.24, 2.45) is 0 Å². The van der Waals surface area contributed by atoms with Crippen LogP contribution >= 0.6 is 0 Å². The highest BCUT2D eigenvalue weighted by atomic mass is 19.1. The van der Waals surface area contributed by atoms with Crippen LogP contribution in [0.4, 0.5) is 4.39 Å². The van der Waals surface area contributed by atoms with Gasteiger partial charge in [0.2, 0.25) is 0 Å². The van der Waals surface area contributed by atoms with Crippen LogP contribution < -0.4 is 5.32 Å². The van der Waals surface area contributed by atoms with E-state index in [0.717, 1.165) is 18.7 Å². The lowest BCUT2D eigenvalue weighted by atomic mass is 10.1. The number of rotatable bonds is 6. The summed E-state index contributed by atoms with van der Waals surface area (Å²) < 4.78 is 17.9. The lowest BCUT2D eigenvalue weighted by Crippen LogP contribution is -2.23. The lowest BCUT2D eigenvalue weighted by Gasteiger charge is -2.13. The molecule has 0 radical (unpaired) electrons. The van der Waals surface area contributed by atoms with E-state index in [1.165, 1.54) is 12.1 Å². The van der Waals surface area contributed by atoms with Crippen LogP contribution in [0.3, 0.4) is 0 Å². The highest BCUT2D eigenvalue weighted by Gasteiger charge is 2.03. The van der Waals surface area contributed by atoms with E-state index in [9.17, 15) is 4.39 Å². The summed E-state index contributed by atoms with van der Waals surface area (Å²) in [6.07, 6.45) is 0. The Hall–Kier alpha value is -0.930. The SMILES string of the molecule is CCOCCN[C@@H](C)c1ccc(F)cc1. The molecule has 84 valence electrons. The van der Waals surface area contributed by atoms with Crippen molar-refractivity contribution in [2.75, 3.05) is 19.8 Å². The number of benzene rings is 1. The zero-order valence-corrected chi connectivity index (χ0v) is 9.29. The molecule has 1 atom stereocenters. The van der Waals surface area contributed by atoms with E-state index < -0.39 is 0 Å². The van der Waals surface area contributed by atoms with Crippen molar-refractivity contribution in [1.82, 2.24) is 5.32 Å². The summed E-state index contributed by atoms with van der Waals surface area (Å²) in [7, 11) is 0. The molecule has 0 heterocycles. The van der Waals surface area contributed by atoms with Crippen LogP contribution in [-0.4, -0.2) is 19.8 Å². The summed E-state index contributed by atoms with van der Waals surface area (Å²) in [5.74, 6) is -0.194. The molecule has 0 saturated heterocycles. The molecular formula is C12H18FNO. The zero-order valence-electron chi connectivity index (χ0n) is 9.29. The van der Waals surface area contributed by atoms with Crippen LogP contribution in [0.2, 0.25) is 0 Å². The van der Waals surface area contributed by atoms with Gasteiger partial charge in [-0.1, -0.05) is 12.1 Å². The molecule has 0 aromatic heterocycles. The Morgan fingerprint density at radius 1 is 1.33 bits per heavy atom. The van der Waals surface area contributed by atoms with E-state index >= 15 is 0 Å². The van der Waals surface area contributed by atoms with E-state index in [2.05, 4.69) is 12.2 Å². The third-order valence-corrected chi connectivity index (χ3v) is 2.27. The van der Waals surface area contributed by atoms with Gasteiger partial charge in [-0.05, 0) is 31.5 Å². The molecular weight excluding hydrogens is 193 g/mol. The largest absolute Gasteiger partial charge is 0.380 e. The molecule has 1 rings (SSSR count). The Morgan fingerprint density at radius 2 is 2.00 bits per heavy atom. The molecule has 1 N–H and O–H groups in total. The van der Waals surface area contributed by atoms with Gasteiger partial charge in [-0.25, -0.2) is 4.39 Å². The Labute approximate surface area is 90.4 Å². The van der Waals surface area contributed by atoms with Gasteiger partial charge < -0.3 is 10.1 Å². The van der Waals surface area contributed by atoms with E-state index in [1.54, 1.807) is 12.1 Å². The molecule has 0 spiro atoms. The van der Waals surface area contributed by atoms with Gasteiger partial charge in [0.15, 0.2) is 0 Å². The van der Waals surface area contributed by atoms with Gasteiger partial charge in [0.1, 0.15) is 5.82 Å². The number of hydrogen-bond acceptors (Lipinski definition) is 2. The normalized spacial score (nSPS) is 12.7. The summed E-state index contributed by atoms with van der Waals surface area (Å²) in [5, 5.41) is 3.31. The first kappa shape index (κ1) is 12.1. The Balaban J connectivity index is 2.33. The van der Waals surface area contributed by atoms with Crippen LogP contribution in [0.5, 0.6) is 0 Å². The quantitative estimate of drug-likeness (QED) is 0.730. The highest BCUT2D eigenvalue weighted by molar-refractivity contribution is 5.19. The molecule has 2 nitrogen and oxygen atoms in total. The first-order valence-electron chi connectivity index (χ1n) is 5.30. The molecule has 0 fully saturated rings. The van der Waals surface area contributed by atoms with Crippen LogP contribution in [0.25, 0.3) is 0 Å². The zero-order chi connectivity index (χ0) is 11.1. The van der Waals surface area contributed by atoms with Gasteiger partial charge in [-0.2, -0.15) is 0 Å². The Bertz CT molecular complexity index is 273. The second kappa shape index (κ2) is 6.53. The van der Waals surface area contributed by atoms with E-state index in [4.69, 9.17) is 4.74 Å². The van der Waals surface area contributed by atoms with Gasteiger partial charge in [-0.3, -0.25) is 0 Å². The first-order chi connectivity index (χ1) is 7.24. The van der Waals surface area contributed by atoms with Crippen LogP contribution in [-0.2, 0) is 4.74 Å². The number of ether oxygens (including phenoxy) is 1. The van der Waals surface area contributed by atoms with E-state index in [-0.39, 0.29) is 11.9 Å². The predicted octanol–water partition coefficient (Wildman–Crippen LogP) is 2.51. The maximum atomic E-state index is 12.7. The van der Waals surface area contributed by atoms with Crippen LogP contribution in [0, 0.1) is 5.82 Å². The fraction of sp³-hybridized carbons (Fsp3) is 0.500. The van der Waals surface area contributed by atoms with Gasteiger partial charge in [0, 0.05) is 19.2 Å². The predicted molar refractivity (Wildman–Crippen MR) is 59.3 cm³/mol. The molecule has 0 aliphatic heterocycles. The van der Waals surface area contributed by atoms with Crippen molar-refractivity contribution in [3.05, 3.63) is 35.6 Å².